The van der Waals surface area contributed by atoms with Crippen LogP contribution < -0.4 is 5.32 Å². The molecule has 0 rings (SSSR count). The SMILES string of the molecule is CC(C)CC(CNC(=O)CCCOC(C)C)C(=O)O. The van der Waals surface area contributed by atoms with Crippen LogP contribution in [0.1, 0.15) is 47.0 Å². The molecule has 0 aromatic rings. The summed E-state index contributed by atoms with van der Waals surface area (Å²) >= 11 is 0. The molecule has 1 unspecified atom stereocenters. The summed E-state index contributed by atoms with van der Waals surface area (Å²) < 4.78 is 5.33. The number of carbonyl (C=O) groups is 2. The largest absolute Gasteiger partial charge is 0.481 e. The van der Waals surface area contributed by atoms with E-state index in [1.165, 1.54) is 0 Å². The van der Waals surface area contributed by atoms with Crippen LogP contribution in [0.3, 0.4) is 0 Å². The third-order valence-electron chi connectivity index (χ3n) is 2.65. The predicted octanol–water partition coefficient (Wildman–Crippen LogP) is 2.05. The molecule has 0 aliphatic rings. The van der Waals surface area contributed by atoms with Crippen LogP contribution in [0.25, 0.3) is 0 Å². The minimum absolute atomic E-state index is 0.109. The molecule has 5 heteroatoms. The smallest absolute Gasteiger partial charge is 0.308 e. The topological polar surface area (TPSA) is 75.6 Å². The maximum Gasteiger partial charge on any atom is 0.308 e. The molecular weight excluding hydrogens is 246 g/mol. The summed E-state index contributed by atoms with van der Waals surface area (Å²) in [5.41, 5.74) is 0. The Morgan fingerprint density at radius 3 is 2.32 bits per heavy atom. The zero-order chi connectivity index (χ0) is 14.8. The van der Waals surface area contributed by atoms with Crippen molar-refractivity contribution in [1.82, 2.24) is 5.32 Å². The number of aliphatic carboxylic acids is 1. The normalized spacial score (nSPS) is 12.7. The number of rotatable bonds is 10. The zero-order valence-corrected chi connectivity index (χ0v) is 12.4. The fraction of sp³-hybridized carbons (Fsp3) is 0.857. The van der Waals surface area contributed by atoms with E-state index in [9.17, 15) is 9.59 Å². The molecule has 1 atom stereocenters. The maximum absolute atomic E-state index is 11.5. The molecular formula is C14H27NO4. The number of carboxylic acid groups (broad SMARTS) is 1. The fourth-order valence-electron chi connectivity index (χ4n) is 1.72. The summed E-state index contributed by atoms with van der Waals surface area (Å²) in [7, 11) is 0. The van der Waals surface area contributed by atoms with Gasteiger partial charge in [0.1, 0.15) is 0 Å². The summed E-state index contributed by atoms with van der Waals surface area (Å²) in [6.45, 7) is 8.60. The molecule has 1 amide bonds. The number of carbonyl (C=O) groups excluding carboxylic acids is 1. The molecule has 0 heterocycles. The van der Waals surface area contributed by atoms with Gasteiger partial charge in [-0.15, -0.1) is 0 Å². The fourth-order valence-corrected chi connectivity index (χ4v) is 1.72. The second-order valence-corrected chi connectivity index (χ2v) is 5.49. The van der Waals surface area contributed by atoms with Crippen LogP contribution in [0.15, 0.2) is 0 Å². The van der Waals surface area contributed by atoms with Crippen LogP contribution in [0.4, 0.5) is 0 Å². The number of carboxylic acids is 1. The van der Waals surface area contributed by atoms with Crippen LogP contribution in [0.2, 0.25) is 0 Å². The van der Waals surface area contributed by atoms with Gasteiger partial charge in [0.25, 0.3) is 0 Å². The van der Waals surface area contributed by atoms with Gasteiger partial charge in [0.15, 0.2) is 0 Å². The predicted molar refractivity (Wildman–Crippen MR) is 73.9 cm³/mol. The van der Waals surface area contributed by atoms with Gasteiger partial charge in [0, 0.05) is 19.6 Å². The van der Waals surface area contributed by atoms with Crippen LogP contribution >= 0.6 is 0 Å². The molecule has 0 spiro atoms. The average Bonchev–Trinajstić information content (AvgIpc) is 2.29. The summed E-state index contributed by atoms with van der Waals surface area (Å²) in [6.07, 6.45) is 1.78. The minimum Gasteiger partial charge on any atom is -0.481 e. The molecule has 0 aliphatic heterocycles. The number of amides is 1. The molecule has 0 aromatic carbocycles. The number of hydrogen-bond donors (Lipinski definition) is 2. The third kappa shape index (κ3) is 10.5. The number of ether oxygens (including phenoxy) is 1. The molecule has 5 nitrogen and oxygen atoms in total. The first-order chi connectivity index (χ1) is 8.82. The van der Waals surface area contributed by atoms with Gasteiger partial charge in [0.05, 0.1) is 12.0 Å². The Hall–Kier alpha value is -1.10. The van der Waals surface area contributed by atoms with E-state index in [0.717, 1.165) is 0 Å². The van der Waals surface area contributed by atoms with Gasteiger partial charge in [-0.3, -0.25) is 9.59 Å². The van der Waals surface area contributed by atoms with E-state index in [1.54, 1.807) is 0 Å². The highest BCUT2D eigenvalue weighted by Gasteiger charge is 2.19. The molecule has 2 N–H and O–H groups in total. The van der Waals surface area contributed by atoms with Crippen molar-refractivity contribution in [3.05, 3.63) is 0 Å². The van der Waals surface area contributed by atoms with Crippen LogP contribution in [-0.2, 0) is 14.3 Å². The molecule has 19 heavy (non-hydrogen) atoms. The number of nitrogens with one attached hydrogen (secondary N) is 1. The first-order valence-corrected chi connectivity index (χ1v) is 6.94. The second-order valence-electron chi connectivity index (χ2n) is 5.49. The van der Waals surface area contributed by atoms with E-state index in [1.807, 2.05) is 27.7 Å². The van der Waals surface area contributed by atoms with Gasteiger partial charge in [-0.25, -0.2) is 0 Å². The van der Waals surface area contributed by atoms with Crippen molar-refractivity contribution in [2.75, 3.05) is 13.2 Å². The highest BCUT2D eigenvalue weighted by molar-refractivity contribution is 5.77. The van der Waals surface area contributed by atoms with Crippen LogP contribution in [0.5, 0.6) is 0 Å². The minimum atomic E-state index is -0.850. The van der Waals surface area contributed by atoms with E-state index in [-0.39, 0.29) is 18.6 Å². The summed E-state index contributed by atoms with van der Waals surface area (Å²) in [6, 6.07) is 0. The van der Waals surface area contributed by atoms with Gasteiger partial charge in [0.2, 0.25) is 5.91 Å². The monoisotopic (exact) mass is 273 g/mol. The quantitative estimate of drug-likeness (QED) is 0.597. The Balaban J connectivity index is 3.83. The van der Waals surface area contributed by atoms with Crippen molar-refractivity contribution in [2.45, 2.75) is 53.1 Å². The third-order valence-corrected chi connectivity index (χ3v) is 2.65. The first kappa shape index (κ1) is 17.9. The van der Waals surface area contributed by atoms with Crippen molar-refractivity contribution >= 4 is 11.9 Å². The zero-order valence-electron chi connectivity index (χ0n) is 12.4. The van der Waals surface area contributed by atoms with Crippen molar-refractivity contribution in [1.29, 1.82) is 0 Å². The summed E-state index contributed by atoms with van der Waals surface area (Å²) in [5.74, 6) is -1.16. The lowest BCUT2D eigenvalue weighted by atomic mass is 9.97. The van der Waals surface area contributed by atoms with Crippen molar-refractivity contribution in [2.24, 2.45) is 11.8 Å². The Bertz CT molecular complexity index is 277. The van der Waals surface area contributed by atoms with Crippen molar-refractivity contribution < 1.29 is 19.4 Å². The van der Waals surface area contributed by atoms with Gasteiger partial charge < -0.3 is 15.2 Å². The molecule has 112 valence electrons. The van der Waals surface area contributed by atoms with Gasteiger partial charge in [-0.2, -0.15) is 0 Å². The average molecular weight is 273 g/mol. The Labute approximate surface area is 115 Å². The van der Waals surface area contributed by atoms with E-state index in [2.05, 4.69) is 5.32 Å². The van der Waals surface area contributed by atoms with Crippen molar-refractivity contribution in [3.8, 4) is 0 Å². The lowest BCUT2D eigenvalue weighted by Crippen LogP contribution is -2.33. The second kappa shape index (κ2) is 9.78. The van der Waals surface area contributed by atoms with E-state index < -0.39 is 11.9 Å². The van der Waals surface area contributed by atoms with Gasteiger partial charge >= 0.3 is 5.97 Å². The van der Waals surface area contributed by atoms with E-state index in [4.69, 9.17) is 9.84 Å². The van der Waals surface area contributed by atoms with Gasteiger partial charge in [-0.1, -0.05) is 13.8 Å². The molecule has 0 saturated heterocycles. The summed E-state index contributed by atoms with van der Waals surface area (Å²) in [5, 5.41) is 11.7. The maximum atomic E-state index is 11.5. The van der Waals surface area contributed by atoms with Crippen LogP contribution in [-0.4, -0.2) is 36.2 Å². The standard InChI is InChI=1S/C14H27NO4/c1-10(2)8-12(14(17)18)9-15-13(16)6-5-7-19-11(3)4/h10-12H,5-9H2,1-4H3,(H,15,16)(H,17,18). The van der Waals surface area contributed by atoms with E-state index in [0.29, 0.717) is 31.8 Å². The molecule has 0 aromatic heterocycles. The number of hydrogen-bond acceptors (Lipinski definition) is 3. The molecule has 0 bridgehead atoms. The van der Waals surface area contributed by atoms with E-state index >= 15 is 0 Å². The highest BCUT2D eigenvalue weighted by Crippen LogP contribution is 2.11. The van der Waals surface area contributed by atoms with Crippen molar-refractivity contribution in [3.63, 3.8) is 0 Å². The lowest BCUT2D eigenvalue weighted by molar-refractivity contribution is -0.142. The Kier molecular flexibility index (Phi) is 9.21. The molecule has 0 fully saturated rings. The highest BCUT2D eigenvalue weighted by atomic mass is 16.5. The Morgan fingerprint density at radius 2 is 1.84 bits per heavy atom. The summed E-state index contributed by atoms with van der Waals surface area (Å²) in [4.78, 5) is 22.6. The Morgan fingerprint density at radius 1 is 1.21 bits per heavy atom. The molecule has 0 radical (unpaired) electrons. The lowest BCUT2D eigenvalue weighted by Gasteiger charge is -2.15. The molecule has 0 aliphatic carbocycles. The first-order valence-electron chi connectivity index (χ1n) is 6.94. The van der Waals surface area contributed by atoms with Crippen LogP contribution in [0, 0.1) is 11.8 Å². The van der Waals surface area contributed by atoms with Gasteiger partial charge in [-0.05, 0) is 32.6 Å². The molecule has 0 saturated carbocycles.